The molecule has 0 radical (unpaired) electrons. The summed E-state index contributed by atoms with van der Waals surface area (Å²) in [7, 11) is 0. The van der Waals surface area contributed by atoms with Crippen LogP contribution in [0.5, 0.6) is 0 Å². The van der Waals surface area contributed by atoms with E-state index in [0.717, 1.165) is 0 Å². The monoisotopic (exact) mass is 416 g/mol. The third-order valence-corrected chi connectivity index (χ3v) is 3.59. The van der Waals surface area contributed by atoms with Crippen LogP contribution in [-0.4, -0.2) is 73.1 Å². The number of alkyl carbamates (subject to hydrolysis) is 1. The number of amides is 3. The number of hydrogen-bond donors (Lipinski definition) is 7. The summed E-state index contributed by atoms with van der Waals surface area (Å²) in [5.74, 6) is -1.46. The van der Waals surface area contributed by atoms with E-state index in [4.69, 9.17) is 15.9 Å². The minimum absolute atomic E-state index is 0.106. The van der Waals surface area contributed by atoms with Crippen molar-refractivity contribution in [2.45, 2.75) is 51.7 Å². The van der Waals surface area contributed by atoms with Crippen LogP contribution in [0.1, 0.15) is 33.6 Å². The summed E-state index contributed by atoms with van der Waals surface area (Å²) in [5.41, 5.74) is 5.15. The first-order chi connectivity index (χ1) is 13.6. The maximum Gasteiger partial charge on any atom is 0.407 e. The second kappa shape index (κ2) is 14.2. The largest absolute Gasteiger partial charge is 0.449 e. The van der Waals surface area contributed by atoms with Crippen LogP contribution < -0.4 is 27.0 Å². The van der Waals surface area contributed by atoms with Gasteiger partial charge >= 0.3 is 6.09 Å². The zero-order chi connectivity index (χ0) is 22.4. The summed E-state index contributed by atoms with van der Waals surface area (Å²) in [6.07, 6.45) is 0.519. The second-order valence-corrected chi connectivity index (χ2v) is 6.84. The zero-order valence-electron chi connectivity index (χ0n) is 17.0. The molecule has 0 saturated carbocycles. The van der Waals surface area contributed by atoms with Crippen LogP contribution in [0.3, 0.4) is 0 Å². The van der Waals surface area contributed by atoms with Gasteiger partial charge in [0, 0.05) is 6.54 Å². The molecular formula is C17H32N6O6. The molecule has 0 aromatic heterocycles. The first-order valence-electron chi connectivity index (χ1n) is 9.28. The average Bonchev–Trinajstić information content (AvgIpc) is 2.65. The van der Waals surface area contributed by atoms with E-state index >= 15 is 0 Å². The van der Waals surface area contributed by atoms with Gasteiger partial charge in [0.25, 0.3) is 0 Å². The molecule has 8 N–H and O–H groups in total. The Morgan fingerprint density at radius 1 is 1.14 bits per heavy atom. The topological polar surface area (TPSA) is 196 Å². The van der Waals surface area contributed by atoms with E-state index in [9.17, 15) is 24.3 Å². The van der Waals surface area contributed by atoms with Crippen molar-refractivity contribution in [3.05, 3.63) is 0 Å². The molecule has 12 nitrogen and oxygen atoms in total. The molecule has 0 unspecified atom stereocenters. The van der Waals surface area contributed by atoms with Gasteiger partial charge in [0.15, 0.2) is 5.96 Å². The van der Waals surface area contributed by atoms with Crippen molar-refractivity contribution in [3.63, 3.8) is 0 Å². The number of ether oxygens (including phenoxy) is 1. The highest BCUT2D eigenvalue weighted by Gasteiger charge is 2.25. The summed E-state index contributed by atoms with van der Waals surface area (Å²) >= 11 is 0. The van der Waals surface area contributed by atoms with Crippen molar-refractivity contribution in [1.82, 2.24) is 21.3 Å². The number of rotatable bonds is 13. The molecular weight excluding hydrogens is 384 g/mol. The highest BCUT2D eigenvalue weighted by molar-refractivity contribution is 5.91. The lowest BCUT2D eigenvalue weighted by molar-refractivity contribution is -0.131. The van der Waals surface area contributed by atoms with Gasteiger partial charge in [-0.1, -0.05) is 13.8 Å². The van der Waals surface area contributed by atoms with Crippen LogP contribution in [0, 0.1) is 11.3 Å². The van der Waals surface area contributed by atoms with Crippen molar-refractivity contribution in [2.24, 2.45) is 11.7 Å². The van der Waals surface area contributed by atoms with Gasteiger partial charge in [-0.25, -0.2) is 4.79 Å². The van der Waals surface area contributed by atoms with Crippen LogP contribution in [0.25, 0.3) is 0 Å². The van der Waals surface area contributed by atoms with Gasteiger partial charge in [-0.05, 0) is 25.7 Å². The molecule has 0 aromatic carbocycles. The quantitative estimate of drug-likeness (QED) is 0.0788. The molecule has 12 heteroatoms. The highest BCUT2D eigenvalue weighted by atomic mass is 16.5. The van der Waals surface area contributed by atoms with Gasteiger partial charge < -0.3 is 41.6 Å². The molecule has 0 aliphatic carbocycles. The van der Waals surface area contributed by atoms with Crippen LogP contribution in [0.4, 0.5) is 4.79 Å². The average molecular weight is 416 g/mol. The van der Waals surface area contributed by atoms with E-state index in [1.807, 2.05) is 13.8 Å². The molecule has 29 heavy (non-hydrogen) atoms. The van der Waals surface area contributed by atoms with Gasteiger partial charge in [0.1, 0.15) is 18.4 Å². The van der Waals surface area contributed by atoms with Crippen molar-refractivity contribution in [3.8, 4) is 0 Å². The van der Waals surface area contributed by atoms with Gasteiger partial charge in [0.05, 0.1) is 19.3 Å². The molecule has 0 rings (SSSR count). The smallest absolute Gasteiger partial charge is 0.407 e. The summed E-state index contributed by atoms with van der Waals surface area (Å²) < 4.78 is 4.88. The van der Waals surface area contributed by atoms with E-state index in [1.54, 1.807) is 0 Å². The molecule has 0 spiro atoms. The minimum atomic E-state index is -1.29. The molecule has 0 bridgehead atoms. The molecule has 0 saturated heterocycles. The van der Waals surface area contributed by atoms with E-state index < -0.39 is 42.6 Å². The Labute approximate surface area is 169 Å². The van der Waals surface area contributed by atoms with Gasteiger partial charge in [0.2, 0.25) is 11.8 Å². The Kier molecular flexibility index (Phi) is 12.7. The Morgan fingerprint density at radius 2 is 1.79 bits per heavy atom. The fourth-order valence-electron chi connectivity index (χ4n) is 2.03. The third kappa shape index (κ3) is 12.2. The Morgan fingerprint density at radius 3 is 2.31 bits per heavy atom. The maximum absolute atomic E-state index is 12.2. The van der Waals surface area contributed by atoms with Crippen LogP contribution in [0.15, 0.2) is 0 Å². The van der Waals surface area contributed by atoms with Crippen molar-refractivity contribution < 1.29 is 29.0 Å². The SMILES string of the molecule is CC(C)COC(=O)N[C@H](CO)C(=O)N[C@@H](C)C(=O)N[C@H](C=O)CCCNC(=N)N. The summed E-state index contributed by atoms with van der Waals surface area (Å²) in [4.78, 5) is 47.1. The minimum Gasteiger partial charge on any atom is -0.449 e. The fraction of sp³-hybridized carbons (Fsp3) is 0.706. The molecule has 0 aliphatic heterocycles. The molecule has 0 heterocycles. The predicted molar refractivity (Wildman–Crippen MR) is 105 cm³/mol. The second-order valence-electron chi connectivity index (χ2n) is 6.84. The normalized spacial score (nSPS) is 13.6. The molecule has 3 atom stereocenters. The van der Waals surface area contributed by atoms with Crippen molar-refractivity contribution >= 4 is 30.2 Å². The highest BCUT2D eigenvalue weighted by Crippen LogP contribution is 1.97. The van der Waals surface area contributed by atoms with Gasteiger partial charge in [-0.3, -0.25) is 15.0 Å². The summed E-state index contributed by atoms with van der Waals surface area (Å²) in [6.45, 7) is 4.93. The van der Waals surface area contributed by atoms with E-state index in [2.05, 4.69) is 21.3 Å². The number of hydrogen-bond acceptors (Lipinski definition) is 7. The number of aliphatic hydroxyl groups excluding tert-OH is 1. The number of aliphatic hydroxyl groups is 1. The van der Waals surface area contributed by atoms with Crippen LogP contribution in [-0.2, 0) is 19.1 Å². The van der Waals surface area contributed by atoms with Crippen LogP contribution >= 0.6 is 0 Å². The zero-order valence-corrected chi connectivity index (χ0v) is 17.0. The first kappa shape index (κ1) is 26.1. The lowest BCUT2D eigenvalue weighted by Crippen LogP contribution is -2.55. The summed E-state index contributed by atoms with van der Waals surface area (Å²) in [5, 5.41) is 26.0. The molecule has 0 aliphatic rings. The van der Waals surface area contributed by atoms with Gasteiger partial charge in [-0.2, -0.15) is 0 Å². The Bertz CT molecular complexity index is 571. The number of carbonyl (C=O) groups excluding carboxylic acids is 4. The lowest BCUT2D eigenvalue weighted by atomic mass is 10.1. The standard InChI is InChI=1S/C17H32N6O6/c1-10(2)9-29-17(28)23-13(8-25)15(27)21-11(3)14(26)22-12(7-24)5-4-6-20-16(18)19/h7,10-13,25H,4-6,8-9H2,1-3H3,(H,21,27)(H,22,26)(H,23,28)(H4,18,19,20)/t11-,12-,13+/m0/s1. The van der Waals surface area contributed by atoms with E-state index in [1.165, 1.54) is 6.92 Å². The first-order valence-corrected chi connectivity index (χ1v) is 9.28. The Hall–Kier alpha value is -2.89. The van der Waals surface area contributed by atoms with E-state index in [0.29, 0.717) is 25.7 Å². The predicted octanol–water partition coefficient (Wildman–Crippen LogP) is -1.82. The number of nitrogens with one attached hydrogen (secondary N) is 5. The molecule has 166 valence electrons. The van der Waals surface area contributed by atoms with E-state index in [-0.39, 0.29) is 18.5 Å². The molecule has 0 fully saturated rings. The third-order valence-electron chi connectivity index (χ3n) is 3.59. The van der Waals surface area contributed by atoms with Crippen molar-refractivity contribution in [2.75, 3.05) is 19.8 Å². The van der Waals surface area contributed by atoms with Crippen LogP contribution in [0.2, 0.25) is 0 Å². The number of guanidine groups is 1. The Balaban J connectivity index is 4.49. The molecule has 3 amide bonds. The lowest BCUT2D eigenvalue weighted by Gasteiger charge is -2.21. The summed E-state index contributed by atoms with van der Waals surface area (Å²) in [6, 6.07) is -3.07. The fourth-order valence-corrected chi connectivity index (χ4v) is 2.03. The number of aldehydes is 1. The van der Waals surface area contributed by atoms with Crippen molar-refractivity contribution in [1.29, 1.82) is 5.41 Å². The number of nitrogens with two attached hydrogens (primary N) is 1. The van der Waals surface area contributed by atoms with Gasteiger partial charge in [-0.15, -0.1) is 0 Å². The maximum atomic E-state index is 12.2. The number of carbonyl (C=O) groups is 4. The molecule has 0 aromatic rings.